The van der Waals surface area contributed by atoms with E-state index in [0.717, 1.165) is 78.4 Å². The minimum atomic E-state index is -0.0191. The maximum absolute atomic E-state index is 12.8. The Labute approximate surface area is 171 Å². The third kappa shape index (κ3) is 6.15. The van der Waals surface area contributed by atoms with Crippen molar-refractivity contribution < 1.29 is 9.53 Å². The maximum atomic E-state index is 12.8. The molecule has 3 fully saturated rings. The molecule has 0 spiro atoms. The molecule has 0 aromatic rings. The van der Waals surface area contributed by atoms with Gasteiger partial charge in [-0.15, -0.1) is 0 Å². The summed E-state index contributed by atoms with van der Waals surface area (Å²) in [6.45, 7) is 17.1. The van der Waals surface area contributed by atoms with Crippen LogP contribution in [0.25, 0.3) is 0 Å². The third-order valence-electron chi connectivity index (χ3n) is 7.42. The lowest BCUT2D eigenvalue weighted by Gasteiger charge is -2.39. The van der Waals surface area contributed by atoms with Gasteiger partial charge in [0.1, 0.15) is 0 Å². The van der Waals surface area contributed by atoms with Crippen LogP contribution in [-0.2, 0) is 9.53 Å². The van der Waals surface area contributed by atoms with Crippen molar-refractivity contribution in [2.24, 2.45) is 11.8 Å². The van der Waals surface area contributed by atoms with E-state index in [1.54, 1.807) is 0 Å². The lowest BCUT2D eigenvalue weighted by atomic mass is 9.78. The zero-order valence-electron chi connectivity index (χ0n) is 18.4. The minimum absolute atomic E-state index is 0.0191. The van der Waals surface area contributed by atoms with Gasteiger partial charge in [-0.1, -0.05) is 26.7 Å². The van der Waals surface area contributed by atoms with Crippen LogP contribution in [0, 0.1) is 11.8 Å². The fourth-order valence-corrected chi connectivity index (χ4v) is 4.93. The number of ether oxygens (including phenoxy) is 1. The Kier molecular flexibility index (Phi) is 8.57. The van der Waals surface area contributed by atoms with Crippen LogP contribution < -0.4 is 5.32 Å². The van der Waals surface area contributed by atoms with Gasteiger partial charge < -0.3 is 10.1 Å². The summed E-state index contributed by atoms with van der Waals surface area (Å²) in [5.74, 6) is 1.53. The monoisotopic (exact) mass is 394 g/mol. The molecule has 162 valence electrons. The van der Waals surface area contributed by atoms with Crippen molar-refractivity contribution in [3.8, 4) is 0 Å². The average Bonchev–Trinajstić information content (AvgIpc) is 2.98. The molecule has 4 atom stereocenters. The van der Waals surface area contributed by atoms with E-state index >= 15 is 0 Å². The first-order valence-corrected chi connectivity index (χ1v) is 11.6. The SMILES string of the molecule is CC1CCCC(NC(=O)C(C)N2CCN(CCN3CCCOCC3)CC2)C1C. The predicted octanol–water partition coefficient (Wildman–Crippen LogP) is 1.66. The molecule has 28 heavy (non-hydrogen) atoms. The van der Waals surface area contributed by atoms with Crippen molar-refractivity contribution in [3.63, 3.8) is 0 Å². The first-order chi connectivity index (χ1) is 13.5. The van der Waals surface area contributed by atoms with Crippen LogP contribution >= 0.6 is 0 Å². The number of hydrogen-bond acceptors (Lipinski definition) is 5. The standard InChI is InChI=1S/C22H42N4O2/c1-18-6-4-7-21(19(18)2)23-22(27)20(3)26-13-11-25(12-14-26)10-9-24-8-5-16-28-17-15-24/h18-21H,4-17H2,1-3H3,(H,23,27). The highest BCUT2D eigenvalue weighted by Gasteiger charge is 2.31. The number of nitrogens with zero attached hydrogens (tertiary/aromatic N) is 3. The van der Waals surface area contributed by atoms with E-state index in [2.05, 4.69) is 40.8 Å². The normalized spacial score (nSPS) is 32.6. The van der Waals surface area contributed by atoms with Crippen molar-refractivity contribution in [3.05, 3.63) is 0 Å². The van der Waals surface area contributed by atoms with Gasteiger partial charge in [-0.2, -0.15) is 0 Å². The summed E-state index contributed by atoms with van der Waals surface area (Å²) in [4.78, 5) is 20.3. The van der Waals surface area contributed by atoms with Crippen LogP contribution in [0.3, 0.4) is 0 Å². The average molecular weight is 395 g/mol. The van der Waals surface area contributed by atoms with Gasteiger partial charge in [-0.3, -0.25) is 19.5 Å². The van der Waals surface area contributed by atoms with Crippen molar-refractivity contribution in [1.29, 1.82) is 0 Å². The molecule has 6 heteroatoms. The van der Waals surface area contributed by atoms with Gasteiger partial charge in [0.25, 0.3) is 0 Å². The van der Waals surface area contributed by atoms with E-state index in [4.69, 9.17) is 4.74 Å². The molecule has 1 saturated carbocycles. The van der Waals surface area contributed by atoms with Crippen molar-refractivity contribution in [1.82, 2.24) is 20.0 Å². The second-order valence-electron chi connectivity index (χ2n) is 9.24. The molecule has 4 unspecified atom stereocenters. The van der Waals surface area contributed by atoms with Crippen LogP contribution in [0.5, 0.6) is 0 Å². The van der Waals surface area contributed by atoms with Crippen LogP contribution in [0.4, 0.5) is 0 Å². The predicted molar refractivity (Wildman–Crippen MR) is 113 cm³/mol. The Bertz CT molecular complexity index is 473. The molecule has 2 aliphatic heterocycles. The quantitative estimate of drug-likeness (QED) is 0.742. The zero-order valence-corrected chi connectivity index (χ0v) is 18.4. The minimum Gasteiger partial charge on any atom is -0.380 e. The number of nitrogens with one attached hydrogen (secondary N) is 1. The number of hydrogen-bond donors (Lipinski definition) is 1. The molecule has 2 saturated heterocycles. The Morgan fingerprint density at radius 3 is 2.43 bits per heavy atom. The van der Waals surface area contributed by atoms with Gasteiger partial charge in [0.15, 0.2) is 0 Å². The van der Waals surface area contributed by atoms with Crippen molar-refractivity contribution in [2.45, 2.75) is 58.5 Å². The molecule has 0 radical (unpaired) electrons. The number of carbonyl (C=O) groups is 1. The number of rotatable bonds is 6. The van der Waals surface area contributed by atoms with Crippen LogP contribution in [0.1, 0.15) is 46.5 Å². The molecule has 0 aromatic carbocycles. The highest BCUT2D eigenvalue weighted by molar-refractivity contribution is 5.81. The highest BCUT2D eigenvalue weighted by Crippen LogP contribution is 2.29. The summed E-state index contributed by atoms with van der Waals surface area (Å²) in [5, 5.41) is 3.37. The first-order valence-electron chi connectivity index (χ1n) is 11.6. The summed E-state index contributed by atoms with van der Waals surface area (Å²) in [6, 6.07) is 0.340. The third-order valence-corrected chi connectivity index (χ3v) is 7.42. The van der Waals surface area contributed by atoms with Gasteiger partial charge in [-0.05, 0) is 31.6 Å². The van der Waals surface area contributed by atoms with E-state index in [0.29, 0.717) is 17.9 Å². The molecule has 1 amide bonds. The molecule has 0 bridgehead atoms. The van der Waals surface area contributed by atoms with Gasteiger partial charge in [-0.25, -0.2) is 0 Å². The van der Waals surface area contributed by atoms with E-state index in [1.807, 2.05) is 0 Å². The van der Waals surface area contributed by atoms with E-state index < -0.39 is 0 Å². The van der Waals surface area contributed by atoms with Crippen LogP contribution in [0.15, 0.2) is 0 Å². The first kappa shape index (κ1) is 22.0. The molecule has 0 aromatic heterocycles. The summed E-state index contributed by atoms with van der Waals surface area (Å²) < 4.78 is 5.55. The van der Waals surface area contributed by atoms with Crippen LogP contribution in [-0.4, -0.2) is 98.3 Å². The Balaban J connectivity index is 1.37. The smallest absolute Gasteiger partial charge is 0.237 e. The molecule has 2 heterocycles. The summed E-state index contributed by atoms with van der Waals surface area (Å²) in [5.41, 5.74) is 0. The Morgan fingerprint density at radius 1 is 0.964 bits per heavy atom. The fourth-order valence-electron chi connectivity index (χ4n) is 4.93. The number of amides is 1. The Hall–Kier alpha value is -0.690. The Morgan fingerprint density at radius 2 is 1.68 bits per heavy atom. The summed E-state index contributed by atoms with van der Waals surface area (Å²) in [6.07, 6.45) is 4.83. The van der Waals surface area contributed by atoms with E-state index in [1.165, 1.54) is 12.8 Å². The molecular weight excluding hydrogens is 352 g/mol. The molecule has 3 aliphatic rings. The maximum Gasteiger partial charge on any atom is 0.237 e. The van der Waals surface area contributed by atoms with Gasteiger partial charge in [0.05, 0.1) is 12.6 Å². The summed E-state index contributed by atoms with van der Waals surface area (Å²) in [7, 11) is 0. The lowest BCUT2D eigenvalue weighted by molar-refractivity contribution is -0.128. The van der Waals surface area contributed by atoms with Gasteiger partial charge >= 0.3 is 0 Å². The number of piperazine rings is 1. The summed E-state index contributed by atoms with van der Waals surface area (Å²) >= 11 is 0. The van der Waals surface area contributed by atoms with Crippen LogP contribution in [0.2, 0.25) is 0 Å². The highest BCUT2D eigenvalue weighted by atomic mass is 16.5. The molecule has 3 rings (SSSR count). The second-order valence-corrected chi connectivity index (χ2v) is 9.24. The molecular formula is C22H42N4O2. The van der Waals surface area contributed by atoms with Crippen molar-refractivity contribution in [2.75, 3.05) is 65.6 Å². The van der Waals surface area contributed by atoms with Gasteiger partial charge in [0, 0.05) is 65.0 Å². The molecule has 1 aliphatic carbocycles. The molecule has 6 nitrogen and oxygen atoms in total. The largest absolute Gasteiger partial charge is 0.380 e. The van der Waals surface area contributed by atoms with Crippen molar-refractivity contribution >= 4 is 5.91 Å². The van der Waals surface area contributed by atoms with E-state index in [-0.39, 0.29) is 11.9 Å². The number of carbonyl (C=O) groups excluding carboxylic acids is 1. The second kappa shape index (κ2) is 10.9. The fraction of sp³-hybridized carbons (Fsp3) is 0.955. The zero-order chi connectivity index (χ0) is 19.9. The molecule has 1 N–H and O–H groups in total. The van der Waals surface area contributed by atoms with E-state index in [9.17, 15) is 4.79 Å². The topological polar surface area (TPSA) is 48.1 Å². The lowest BCUT2D eigenvalue weighted by Crippen LogP contribution is -2.56. The van der Waals surface area contributed by atoms with Gasteiger partial charge in [0.2, 0.25) is 5.91 Å².